The lowest BCUT2D eigenvalue weighted by molar-refractivity contribution is -0.912. The van der Waals surface area contributed by atoms with Crippen molar-refractivity contribution in [1.29, 1.82) is 0 Å². The zero-order valence-corrected chi connectivity index (χ0v) is 17.8. The molecular weight excluding hydrogens is 384 g/mol. The number of para-hydroxylation sites is 1. The highest BCUT2D eigenvalue weighted by Crippen LogP contribution is 2.36. The molecule has 2 N–H and O–H groups in total. The number of amides is 3. The van der Waals surface area contributed by atoms with E-state index in [4.69, 9.17) is 4.98 Å². The lowest BCUT2D eigenvalue weighted by atomic mass is 9.77. The standard InChI is InChI=1S/C22H28N4O2S/c1-15-6-10-22(11-7-15)20(27)26(21(28)24-22)14-25-12-8-16(9-13-25)19-23-17-4-2-3-5-18(17)29-19/h2-5,15-16H,6-14H2,1H3,(H,24,28)/p+1. The first-order valence-electron chi connectivity index (χ1n) is 10.9. The highest BCUT2D eigenvalue weighted by Gasteiger charge is 2.53. The van der Waals surface area contributed by atoms with Crippen LogP contribution in [0.25, 0.3) is 10.2 Å². The highest BCUT2D eigenvalue weighted by molar-refractivity contribution is 7.18. The molecule has 3 fully saturated rings. The molecule has 1 saturated carbocycles. The van der Waals surface area contributed by atoms with Gasteiger partial charge in [-0.25, -0.2) is 14.7 Å². The van der Waals surface area contributed by atoms with Crippen LogP contribution in [-0.2, 0) is 4.79 Å². The average Bonchev–Trinajstić information content (AvgIpc) is 3.26. The van der Waals surface area contributed by atoms with Crippen molar-refractivity contribution in [2.45, 2.75) is 56.9 Å². The lowest BCUT2D eigenvalue weighted by Crippen LogP contribution is -3.14. The van der Waals surface area contributed by atoms with E-state index in [2.05, 4.69) is 30.4 Å². The maximum atomic E-state index is 13.1. The number of rotatable bonds is 3. The minimum absolute atomic E-state index is 0.00944. The highest BCUT2D eigenvalue weighted by atomic mass is 32.1. The number of fused-ring (bicyclic) bond motifs is 1. The molecule has 6 nitrogen and oxygen atoms in total. The number of benzene rings is 1. The maximum Gasteiger partial charge on any atom is 0.329 e. The van der Waals surface area contributed by atoms with E-state index in [0.29, 0.717) is 18.5 Å². The minimum atomic E-state index is -0.623. The number of piperidine rings is 1. The molecule has 2 aliphatic heterocycles. The molecule has 3 heterocycles. The summed E-state index contributed by atoms with van der Waals surface area (Å²) in [6, 6.07) is 8.13. The molecule has 2 aromatic rings. The Morgan fingerprint density at radius 2 is 1.90 bits per heavy atom. The van der Waals surface area contributed by atoms with Crippen LogP contribution < -0.4 is 10.2 Å². The van der Waals surface area contributed by atoms with Gasteiger partial charge >= 0.3 is 6.03 Å². The first-order chi connectivity index (χ1) is 14.0. The maximum absolute atomic E-state index is 13.1. The number of nitrogens with one attached hydrogen (secondary N) is 2. The molecule has 29 heavy (non-hydrogen) atoms. The average molecular weight is 414 g/mol. The normalized spacial score (nSPS) is 32.9. The molecule has 7 heteroatoms. The summed E-state index contributed by atoms with van der Waals surface area (Å²) in [5, 5.41) is 4.28. The molecule has 1 spiro atoms. The van der Waals surface area contributed by atoms with E-state index in [0.717, 1.165) is 57.1 Å². The fourth-order valence-corrected chi connectivity index (χ4v) is 6.27. The van der Waals surface area contributed by atoms with Crippen molar-refractivity contribution >= 4 is 33.5 Å². The zero-order valence-electron chi connectivity index (χ0n) is 16.9. The molecule has 5 rings (SSSR count). The molecule has 2 saturated heterocycles. The number of imide groups is 1. The Labute approximate surface area is 175 Å². The van der Waals surface area contributed by atoms with Gasteiger partial charge in [-0.3, -0.25) is 4.79 Å². The number of carbonyl (C=O) groups is 2. The van der Waals surface area contributed by atoms with Crippen LogP contribution in [0.5, 0.6) is 0 Å². The van der Waals surface area contributed by atoms with Crippen molar-refractivity contribution in [3.8, 4) is 0 Å². The lowest BCUT2D eigenvalue weighted by Gasteiger charge is -2.34. The first-order valence-corrected chi connectivity index (χ1v) is 11.7. The van der Waals surface area contributed by atoms with E-state index in [1.165, 1.54) is 19.5 Å². The predicted octanol–water partition coefficient (Wildman–Crippen LogP) is 2.52. The summed E-state index contributed by atoms with van der Waals surface area (Å²) in [7, 11) is 0. The second-order valence-electron chi connectivity index (χ2n) is 9.13. The van der Waals surface area contributed by atoms with Crippen molar-refractivity contribution in [1.82, 2.24) is 15.2 Å². The third-order valence-electron chi connectivity index (χ3n) is 7.11. The molecular formula is C22H29N4O2S+. The fourth-order valence-electron chi connectivity index (χ4n) is 5.13. The van der Waals surface area contributed by atoms with Crippen LogP contribution in [0.4, 0.5) is 4.79 Å². The van der Waals surface area contributed by atoms with E-state index in [-0.39, 0.29) is 11.9 Å². The number of carbonyl (C=O) groups excluding carboxylic acids is 2. The van der Waals surface area contributed by atoms with Gasteiger partial charge in [-0.05, 0) is 43.7 Å². The summed E-state index contributed by atoms with van der Waals surface area (Å²) in [6.07, 6.45) is 5.71. The quantitative estimate of drug-likeness (QED) is 0.760. The SMILES string of the molecule is CC1CCC2(CC1)NC(=O)N(C[NH+]1CCC(c3nc4ccccc4s3)CC1)C2=O. The monoisotopic (exact) mass is 413 g/mol. The summed E-state index contributed by atoms with van der Waals surface area (Å²) in [4.78, 5) is 33.3. The number of nitrogens with zero attached hydrogens (tertiary/aromatic N) is 2. The summed E-state index contributed by atoms with van der Waals surface area (Å²) >= 11 is 1.80. The van der Waals surface area contributed by atoms with Crippen LogP contribution in [-0.4, -0.2) is 47.1 Å². The molecule has 0 unspecified atom stereocenters. The molecule has 3 aliphatic rings. The first kappa shape index (κ1) is 19.0. The van der Waals surface area contributed by atoms with Crippen LogP contribution in [0.1, 0.15) is 56.4 Å². The van der Waals surface area contributed by atoms with Crippen molar-refractivity contribution in [2.24, 2.45) is 5.92 Å². The van der Waals surface area contributed by atoms with Gasteiger partial charge in [0, 0.05) is 18.8 Å². The predicted molar refractivity (Wildman–Crippen MR) is 113 cm³/mol. The molecule has 1 aromatic carbocycles. The van der Waals surface area contributed by atoms with Crippen LogP contribution in [0.3, 0.4) is 0 Å². The minimum Gasteiger partial charge on any atom is -0.323 e. The Morgan fingerprint density at radius 3 is 2.62 bits per heavy atom. The van der Waals surface area contributed by atoms with Gasteiger partial charge in [0.2, 0.25) is 0 Å². The Bertz CT molecular complexity index is 893. The Kier molecular flexibility index (Phi) is 4.82. The Balaban J connectivity index is 1.20. The summed E-state index contributed by atoms with van der Waals surface area (Å²) < 4.78 is 1.25. The van der Waals surface area contributed by atoms with Gasteiger partial charge in [0.25, 0.3) is 5.91 Å². The number of hydrogen-bond donors (Lipinski definition) is 2. The van der Waals surface area contributed by atoms with Gasteiger partial charge in [-0.15, -0.1) is 11.3 Å². The van der Waals surface area contributed by atoms with Crippen molar-refractivity contribution < 1.29 is 14.5 Å². The van der Waals surface area contributed by atoms with Gasteiger partial charge in [0.15, 0.2) is 6.67 Å². The van der Waals surface area contributed by atoms with Gasteiger partial charge in [0.1, 0.15) is 5.54 Å². The van der Waals surface area contributed by atoms with Crippen molar-refractivity contribution in [3.05, 3.63) is 29.3 Å². The Morgan fingerprint density at radius 1 is 1.17 bits per heavy atom. The topological polar surface area (TPSA) is 66.7 Å². The third kappa shape index (κ3) is 3.44. The largest absolute Gasteiger partial charge is 0.329 e. The van der Waals surface area contributed by atoms with Gasteiger partial charge in [0.05, 0.1) is 28.3 Å². The van der Waals surface area contributed by atoms with Gasteiger partial charge < -0.3 is 10.2 Å². The molecule has 0 bridgehead atoms. The van der Waals surface area contributed by atoms with E-state index in [1.54, 1.807) is 11.3 Å². The summed E-state index contributed by atoms with van der Waals surface area (Å²) in [5.74, 6) is 1.15. The summed E-state index contributed by atoms with van der Waals surface area (Å²) in [6.45, 7) is 4.67. The number of aromatic nitrogens is 1. The molecule has 3 amide bonds. The molecule has 1 aromatic heterocycles. The van der Waals surface area contributed by atoms with E-state index in [9.17, 15) is 9.59 Å². The molecule has 0 radical (unpaired) electrons. The van der Waals surface area contributed by atoms with Gasteiger partial charge in [-0.2, -0.15) is 0 Å². The number of thiazole rings is 1. The number of likely N-dealkylation sites (tertiary alicyclic amines) is 1. The Hall–Kier alpha value is -1.99. The zero-order chi connectivity index (χ0) is 20.0. The third-order valence-corrected chi connectivity index (χ3v) is 8.31. The van der Waals surface area contributed by atoms with Crippen molar-refractivity contribution in [2.75, 3.05) is 19.8 Å². The van der Waals surface area contributed by atoms with Crippen LogP contribution in [0, 0.1) is 5.92 Å². The van der Waals surface area contributed by atoms with Gasteiger partial charge in [-0.1, -0.05) is 19.1 Å². The number of hydrogen-bond acceptors (Lipinski definition) is 4. The number of quaternary nitrogens is 1. The van der Waals surface area contributed by atoms with Crippen molar-refractivity contribution in [3.63, 3.8) is 0 Å². The molecule has 1 aliphatic carbocycles. The van der Waals surface area contributed by atoms with E-state index in [1.807, 2.05) is 6.07 Å². The second kappa shape index (κ2) is 7.36. The molecule has 0 atom stereocenters. The van der Waals surface area contributed by atoms with E-state index >= 15 is 0 Å². The van der Waals surface area contributed by atoms with Crippen LogP contribution in [0.2, 0.25) is 0 Å². The smallest absolute Gasteiger partial charge is 0.323 e. The summed E-state index contributed by atoms with van der Waals surface area (Å²) in [5.41, 5.74) is 0.469. The van der Waals surface area contributed by atoms with Crippen LogP contribution >= 0.6 is 11.3 Å². The van der Waals surface area contributed by atoms with Crippen LogP contribution in [0.15, 0.2) is 24.3 Å². The fraction of sp³-hybridized carbons (Fsp3) is 0.591. The molecule has 154 valence electrons. The number of urea groups is 1. The van der Waals surface area contributed by atoms with E-state index < -0.39 is 5.54 Å². The second-order valence-corrected chi connectivity index (χ2v) is 10.2.